The molecule has 1 aromatic carbocycles. The molecule has 0 aliphatic heterocycles. The minimum Gasteiger partial charge on any atom is -0.259 e. The van der Waals surface area contributed by atoms with Crippen LogP contribution in [0.1, 0.15) is 0 Å². The number of fused-ring (bicyclic) bond motifs is 1. The molecule has 5 heteroatoms. The number of rotatable bonds is 2. The van der Waals surface area contributed by atoms with Gasteiger partial charge >= 0.3 is 0 Å². The van der Waals surface area contributed by atoms with Crippen molar-refractivity contribution in [3.05, 3.63) is 28.9 Å². The summed E-state index contributed by atoms with van der Waals surface area (Å²) in [6, 6.07) is 5.48. The van der Waals surface area contributed by atoms with E-state index in [-0.39, 0.29) is 6.54 Å². The number of halogens is 3. The van der Waals surface area contributed by atoms with Gasteiger partial charge in [0.05, 0.1) is 11.7 Å². The second kappa shape index (κ2) is 3.65. The van der Waals surface area contributed by atoms with Crippen LogP contribution in [0.25, 0.3) is 10.9 Å². The quantitative estimate of drug-likeness (QED) is 0.812. The minimum absolute atomic E-state index is 0.361. The van der Waals surface area contributed by atoms with E-state index in [4.69, 9.17) is 0 Å². The average Bonchev–Trinajstić information content (AvgIpc) is 2.47. The van der Waals surface area contributed by atoms with Gasteiger partial charge in [0.1, 0.15) is 6.54 Å². The number of hydrogen-bond donors (Lipinski definition) is 0. The zero-order valence-corrected chi connectivity index (χ0v) is 8.71. The molecular weight excluding hydrogens is 254 g/mol. The Balaban J connectivity index is 2.50. The molecule has 0 radical (unpaired) electrons. The zero-order valence-electron chi connectivity index (χ0n) is 7.12. The maximum atomic E-state index is 12.2. The third kappa shape index (κ3) is 1.77. The molecule has 2 rings (SSSR count). The van der Waals surface area contributed by atoms with E-state index in [0.29, 0.717) is 0 Å². The number of alkyl halides is 2. The van der Waals surface area contributed by atoms with Gasteiger partial charge in [-0.05, 0) is 12.1 Å². The standard InChI is InChI=1S/C9H7BrF2N2/c10-7-2-1-6-4-13-14(5-9(11)12)8(6)3-7/h1-4,9H,5H2. The molecule has 0 aliphatic rings. The SMILES string of the molecule is FC(F)Cn1ncc2ccc(Br)cc21. The molecule has 2 aromatic rings. The summed E-state index contributed by atoms with van der Waals surface area (Å²) in [5.74, 6) is 0. The van der Waals surface area contributed by atoms with Crippen molar-refractivity contribution in [1.29, 1.82) is 0 Å². The molecule has 0 atom stereocenters. The highest BCUT2D eigenvalue weighted by Crippen LogP contribution is 2.19. The second-order valence-electron chi connectivity index (χ2n) is 2.92. The van der Waals surface area contributed by atoms with Crippen molar-refractivity contribution in [3.63, 3.8) is 0 Å². The number of benzene rings is 1. The Morgan fingerprint density at radius 3 is 2.93 bits per heavy atom. The van der Waals surface area contributed by atoms with E-state index < -0.39 is 6.43 Å². The van der Waals surface area contributed by atoms with Gasteiger partial charge in [-0.1, -0.05) is 22.0 Å². The Labute approximate surface area is 87.6 Å². The van der Waals surface area contributed by atoms with Gasteiger partial charge in [-0.25, -0.2) is 8.78 Å². The lowest BCUT2D eigenvalue weighted by Gasteiger charge is -2.01. The Hall–Kier alpha value is -0.970. The van der Waals surface area contributed by atoms with E-state index in [1.807, 2.05) is 12.1 Å². The summed E-state index contributed by atoms with van der Waals surface area (Å²) in [6.45, 7) is -0.361. The van der Waals surface area contributed by atoms with Crippen LogP contribution >= 0.6 is 15.9 Å². The van der Waals surface area contributed by atoms with Gasteiger partial charge in [0.25, 0.3) is 6.43 Å². The molecule has 2 nitrogen and oxygen atoms in total. The van der Waals surface area contributed by atoms with Crippen molar-refractivity contribution in [2.75, 3.05) is 0 Å². The third-order valence-electron chi connectivity index (χ3n) is 1.92. The van der Waals surface area contributed by atoms with Gasteiger partial charge in [-0.2, -0.15) is 5.10 Å². The Kier molecular flexibility index (Phi) is 2.50. The molecule has 0 saturated heterocycles. The van der Waals surface area contributed by atoms with Gasteiger partial charge in [0.15, 0.2) is 0 Å². The molecule has 0 N–H and O–H groups in total. The predicted octanol–water partition coefficient (Wildman–Crippen LogP) is 3.06. The lowest BCUT2D eigenvalue weighted by atomic mass is 10.2. The van der Waals surface area contributed by atoms with E-state index in [1.165, 1.54) is 4.68 Å². The van der Waals surface area contributed by atoms with Crippen LogP contribution in [0.4, 0.5) is 8.78 Å². The van der Waals surface area contributed by atoms with Gasteiger partial charge in [-0.15, -0.1) is 0 Å². The molecule has 0 spiro atoms. The first-order valence-electron chi connectivity index (χ1n) is 4.06. The second-order valence-corrected chi connectivity index (χ2v) is 3.84. The van der Waals surface area contributed by atoms with E-state index in [1.54, 1.807) is 12.3 Å². The van der Waals surface area contributed by atoms with Gasteiger partial charge in [0, 0.05) is 9.86 Å². The molecule has 0 bridgehead atoms. The van der Waals surface area contributed by atoms with Crippen molar-refractivity contribution in [2.24, 2.45) is 0 Å². The highest BCUT2D eigenvalue weighted by Gasteiger charge is 2.08. The Bertz CT molecular complexity index is 453. The molecule has 1 aromatic heterocycles. The topological polar surface area (TPSA) is 17.8 Å². The molecule has 1 heterocycles. The fourth-order valence-corrected chi connectivity index (χ4v) is 1.67. The molecule has 0 unspecified atom stereocenters. The Morgan fingerprint density at radius 1 is 1.43 bits per heavy atom. The van der Waals surface area contributed by atoms with E-state index in [9.17, 15) is 8.78 Å². The summed E-state index contributed by atoms with van der Waals surface area (Å²) >= 11 is 3.29. The summed E-state index contributed by atoms with van der Waals surface area (Å²) < 4.78 is 26.5. The first-order chi connectivity index (χ1) is 6.66. The largest absolute Gasteiger partial charge is 0.259 e. The smallest absolute Gasteiger partial charge is 0.257 e. The molecular formula is C9H7BrF2N2. The molecule has 14 heavy (non-hydrogen) atoms. The van der Waals surface area contributed by atoms with E-state index >= 15 is 0 Å². The maximum Gasteiger partial charge on any atom is 0.257 e. The van der Waals surface area contributed by atoms with Crippen LogP contribution < -0.4 is 0 Å². The van der Waals surface area contributed by atoms with E-state index in [2.05, 4.69) is 21.0 Å². The van der Waals surface area contributed by atoms with Crippen LogP contribution in [-0.2, 0) is 6.54 Å². The van der Waals surface area contributed by atoms with Crippen LogP contribution in [0.2, 0.25) is 0 Å². The van der Waals surface area contributed by atoms with Crippen molar-refractivity contribution < 1.29 is 8.78 Å². The average molecular weight is 261 g/mol. The fourth-order valence-electron chi connectivity index (χ4n) is 1.32. The van der Waals surface area contributed by atoms with Gasteiger partial charge in [-0.3, -0.25) is 4.68 Å². The van der Waals surface area contributed by atoms with Crippen molar-refractivity contribution in [3.8, 4) is 0 Å². The maximum absolute atomic E-state index is 12.2. The number of nitrogens with zero attached hydrogens (tertiary/aromatic N) is 2. The molecule has 0 fully saturated rings. The molecule has 0 amide bonds. The summed E-state index contributed by atoms with van der Waals surface area (Å²) in [4.78, 5) is 0. The highest BCUT2D eigenvalue weighted by molar-refractivity contribution is 9.10. The molecule has 0 saturated carbocycles. The Morgan fingerprint density at radius 2 is 2.21 bits per heavy atom. The summed E-state index contributed by atoms with van der Waals surface area (Å²) in [5, 5.41) is 4.76. The van der Waals surface area contributed by atoms with Crippen LogP contribution in [0.3, 0.4) is 0 Å². The van der Waals surface area contributed by atoms with Crippen LogP contribution in [-0.4, -0.2) is 16.2 Å². The summed E-state index contributed by atoms with van der Waals surface area (Å²) in [7, 11) is 0. The number of hydrogen-bond acceptors (Lipinski definition) is 1. The predicted molar refractivity (Wildman–Crippen MR) is 53.4 cm³/mol. The first kappa shape index (κ1) is 9.58. The van der Waals surface area contributed by atoms with Crippen molar-refractivity contribution in [2.45, 2.75) is 13.0 Å². The monoisotopic (exact) mass is 260 g/mol. The normalized spacial score (nSPS) is 11.4. The zero-order chi connectivity index (χ0) is 10.1. The van der Waals surface area contributed by atoms with Crippen LogP contribution in [0.5, 0.6) is 0 Å². The van der Waals surface area contributed by atoms with Crippen molar-refractivity contribution in [1.82, 2.24) is 9.78 Å². The van der Waals surface area contributed by atoms with Gasteiger partial charge < -0.3 is 0 Å². The van der Waals surface area contributed by atoms with Crippen molar-refractivity contribution >= 4 is 26.8 Å². The lowest BCUT2D eigenvalue weighted by Crippen LogP contribution is -2.07. The highest BCUT2D eigenvalue weighted by atomic mass is 79.9. The molecule has 74 valence electrons. The third-order valence-corrected chi connectivity index (χ3v) is 2.41. The lowest BCUT2D eigenvalue weighted by molar-refractivity contribution is 0.123. The number of aromatic nitrogens is 2. The summed E-state index contributed by atoms with van der Waals surface area (Å²) in [5.41, 5.74) is 0.722. The van der Waals surface area contributed by atoms with Gasteiger partial charge in [0.2, 0.25) is 0 Å². The summed E-state index contributed by atoms with van der Waals surface area (Å²) in [6.07, 6.45) is -0.790. The van der Waals surface area contributed by atoms with Crippen LogP contribution in [0.15, 0.2) is 28.9 Å². The van der Waals surface area contributed by atoms with E-state index in [0.717, 1.165) is 15.4 Å². The minimum atomic E-state index is -2.38. The van der Waals surface area contributed by atoms with Crippen LogP contribution in [0, 0.1) is 0 Å². The fraction of sp³-hybridized carbons (Fsp3) is 0.222. The first-order valence-corrected chi connectivity index (χ1v) is 4.85. The molecule has 0 aliphatic carbocycles.